The van der Waals surface area contributed by atoms with Crippen LogP contribution in [0.3, 0.4) is 0 Å². The molecule has 0 bridgehead atoms. The predicted octanol–water partition coefficient (Wildman–Crippen LogP) is 1.36. The van der Waals surface area contributed by atoms with Crippen molar-refractivity contribution in [3.63, 3.8) is 0 Å². The number of amides is 1. The Morgan fingerprint density at radius 2 is 1.93 bits per heavy atom. The second kappa shape index (κ2) is 5.09. The lowest BCUT2D eigenvalue weighted by molar-refractivity contribution is 0.0847. The number of Topliss-reactive ketones (excluding diaryl/α,β-unsaturated/α-hetero) is 1. The Kier molecular flexibility index (Phi) is 3.79. The van der Waals surface area contributed by atoms with Gasteiger partial charge in [-0.1, -0.05) is 0 Å². The zero-order chi connectivity index (χ0) is 11.3. The largest absolute Gasteiger partial charge is 0.441 e. The first-order valence-corrected chi connectivity index (χ1v) is 4.26. The molecule has 0 aliphatic rings. The number of alkyl carbamates (subject to hydrolysis) is 1. The van der Waals surface area contributed by atoms with Gasteiger partial charge in [0.2, 0.25) is 0 Å². The van der Waals surface area contributed by atoms with Crippen LogP contribution in [0.2, 0.25) is 0 Å². The van der Waals surface area contributed by atoms with Crippen molar-refractivity contribution in [2.45, 2.75) is 0 Å². The van der Waals surface area contributed by atoms with E-state index in [1.165, 1.54) is 31.3 Å². The Bertz CT molecular complexity index is 361. The number of rotatable bonds is 3. The molecule has 5 heteroatoms. The normalized spacial score (nSPS) is 9.47. The van der Waals surface area contributed by atoms with E-state index in [1.807, 2.05) is 0 Å². The van der Waals surface area contributed by atoms with Gasteiger partial charge in [-0.15, -0.1) is 0 Å². The molecule has 1 aromatic rings. The quantitative estimate of drug-likeness (QED) is 0.768. The number of nitrogens with one attached hydrogen (secondary N) is 1. The van der Waals surface area contributed by atoms with E-state index < -0.39 is 11.9 Å². The number of carbonyl (C=O) groups excluding carboxylic acids is 2. The van der Waals surface area contributed by atoms with Gasteiger partial charge in [-0.3, -0.25) is 4.79 Å². The first-order chi connectivity index (χ1) is 7.13. The van der Waals surface area contributed by atoms with Crippen molar-refractivity contribution in [1.82, 2.24) is 5.32 Å². The van der Waals surface area contributed by atoms with Crippen LogP contribution in [-0.2, 0) is 4.74 Å². The summed E-state index contributed by atoms with van der Waals surface area (Å²) < 4.78 is 17.1. The van der Waals surface area contributed by atoms with Crippen molar-refractivity contribution in [3.05, 3.63) is 35.6 Å². The molecule has 1 aromatic carbocycles. The molecule has 0 unspecified atom stereocenters. The van der Waals surface area contributed by atoms with Crippen LogP contribution in [0.5, 0.6) is 0 Å². The van der Waals surface area contributed by atoms with Gasteiger partial charge in [-0.05, 0) is 24.3 Å². The summed E-state index contributed by atoms with van der Waals surface area (Å²) in [4.78, 5) is 22.0. The summed E-state index contributed by atoms with van der Waals surface area (Å²) >= 11 is 0. The molecule has 0 spiro atoms. The first kappa shape index (κ1) is 11.2. The topological polar surface area (TPSA) is 55.4 Å². The van der Waals surface area contributed by atoms with E-state index in [-0.39, 0.29) is 12.4 Å². The van der Waals surface area contributed by atoms with Crippen molar-refractivity contribution in [1.29, 1.82) is 0 Å². The minimum Gasteiger partial charge on any atom is -0.441 e. The number of benzene rings is 1. The van der Waals surface area contributed by atoms with Gasteiger partial charge in [0, 0.05) is 12.6 Å². The van der Waals surface area contributed by atoms with Crippen LogP contribution in [0.15, 0.2) is 24.3 Å². The number of hydrogen-bond donors (Lipinski definition) is 1. The van der Waals surface area contributed by atoms with Crippen LogP contribution in [0.25, 0.3) is 0 Å². The molecule has 0 aliphatic heterocycles. The van der Waals surface area contributed by atoms with Crippen LogP contribution < -0.4 is 5.32 Å². The summed E-state index contributed by atoms with van der Waals surface area (Å²) in [5.41, 5.74) is 0.306. The molecule has 1 amide bonds. The van der Waals surface area contributed by atoms with Gasteiger partial charge >= 0.3 is 6.09 Å². The molecular formula is C10H10FNO3. The SMILES string of the molecule is CNC(=O)OCC(=O)c1ccc(F)cc1. The zero-order valence-corrected chi connectivity index (χ0v) is 8.12. The van der Waals surface area contributed by atoms with E-state index in [1.54, 1.807) is 0 Å². The molecule has 0 saturated heterocycles. The fourth-order valence-corrected chi connectivity index (χ4v) is 0.922. The summed E-state index contributed by atoms with van der Waals surface area (Å²) in [6, 6.07) is 5.02. The van der Waals surface area contributed by atoms with Crippen molar-refractivity contribution in [3.8, 4) is 0 Å². The van der Waals surface area contributed by atoms with E-state index in [4.69, 9.17) is 0 Å². The molecule has 0 fully saturated rings. The second-order valence-electron chi connectivity index (χ2n) is 2.76. The lowest BCUT2D eigenvalue weighted by Gasteiger charge is -2.02. The van der Waals surface area contributed by atoms with Crippen molar-refractivity contribution >= 4 is 11.9 Å². The Morgan fingerprint density at radius 1 is 1.33 bits per heavy atom. The maximum atomic E-state index is 12.5. The average molecular weight is 211 g/mol. The van der Waals surface area contributed by atoms with Gasteiger partial charge in [0.25, 0.3) is 0 Å². The highest BCUT2D eigenvalue weighted by Crippen LogP contribution is 2.03. The van der Waals surface area contributed by atoms with Gasteiger partial charge in [0.05, 0.1) is 0 Å². The van der Waals surface area contributed by atoms with Gasteiger partial charge in [-0.25, -0.2) is 9.18 Å². The van der Waals surface area contributed by atoms with Gasteiger partial charge < -0.3 is 10.1 Å². The van der Waals surface area contributed by atoms with E-state index in [9.17, 15) is 14.0 Å². The standard InChI is InChI=1S/C10H10FNO3/c1-12-10(14)15-6-9(13)7-2-4-8(11)5-3-7/h2-5H,6H2,1H3,(H,12,14). The Morgan fingerprint density at radius 3 is 2.47 bits per heavy atom. The third-order valence-corrected chi connectivity index (χ3v) is 1.70. The molecule has 80 valence electrons. The summed E-state index contributed by atoms with van der Waals surface area (Å²) in [7, 11) is 1.39. The van der Waals surface area contributed by atoms with Crippen LogP contribution >= 0.6 is 0 Å². The third-order valence-electron chi connectivity index (χ3n) is 1.70. The molecule has 0 aromatic heterocycles. The van der Waals surface area contributed by atoms with Gasteiger partial charge in [0.15, 0.2) is 12.4 Å². The molecule has 4 nitrogen and oxygen atoms in total. The number of hydrogen-bond acceptors (Lipinski definition) is 3. The highest BCUT2D eigenvalue weighted by molar-refractivity contribution is 5.97. The number of ether oxygens (including phenoxy) is 1. The average Bonchev–Trinajstić information content (AvgIpc) is 2.26. The fourth-order valence-electron chi connectivity index (χ4n) is 0.922. The lowest BCUT2D eigenvalue weighted by atomic mass is 10.1. The minimum atomic E-state index is -0.675. The van der Waals surface area contributed by atoms with Crippen LogP contribution in [0.4, 0.5) is 9.18 Å². The van der Waals surface area contributed by atoms with E-state index in [2.05, 4.69) is 10.1 Å². The Hall–Kier alpha value is -1.91. The molecule has 0 saturated carbocycles. The second-order valence-corrected chi connectivity index (χ2v) is 2.76. The Labute approximate surface area is 86.0 Å². The van der Waals surface area contributed by atoms with Crippen molar-refractivity contribution in [2.24, 2.45) is 0 Å². The smallest absolute Gasteiger partial charge is 0.407 e. The summed E-state index contributed by atoms with van der Waals surface area (Å²) in [5.74, 6) is -0.794. The molecule has 1 N–H and O–H groups in total. The lowest BCUT2D eigenvalue weighted by Crippen LogP contribution is -2.22. The van der Waals surface area contributed by atoms with Crippen LogP contribution in [0.1, 0.15) is 10.4 Å². The Balaban J connectivity index is 2.54. The molecule has 0 radical (unpaired) electrons. The molecular weight excluding hydrogens is 201 g/mol. The molecule has 15 heavy (non-hydrogen) atoms. The number of ketones is 1. The van der Waals surface area contributed by atoms with E-state index in [0.29, 0.717) is 5.56 Å². The third kappa shape index (κ3) is 3.38. The van der Waals surface area contributed by atoms with Crippen LogP contribution in [0, 0.1) is 5.82 Å². The summed E-state index contributed by atoms with van der Waals surface area (Å²) in [5, 5.41) is 2.21. The summed E-state index contributed by atoms with van der Waals surface area (Å²) in [6.07, 6.45) is -0.675. The maximum Gasteiger partial charge on any atom is 0.407 e. The number of carbonyl (C=O) groups is 2. The maximum absolute atomic E-state index is 12.5. The van der Waals surface area contributed by atoms with Crippen molar-refractivity contribution in [2.75, 3.05) is 13.7 Å². The van der Waals surface area contributed by atoms with E-state index in [0.717, 1.165) is 0 Å². The molecule has 0 aliphatic carbocycles. The first-order valence-electron chi connectivity index (χ1n) is 4.26. The van der Waals surface area contributed by atoms with Gasteiger partial charge in [0.1, 0.15) is 5.82 Å². The predicted molar refractivity (Wildman–Crippen MR) is 51.1 cm³/mol. The van der Waals surface area contributed by atoms with Crippen LogP contribution in [-0.4, -0.2) is 25.5 Å². The van der Waals surface area contributed by atoms with Gasteiger partial charge in [-0.2, -0.15) is 0 Å². The zero-order valence-electron chi connectivity index (χ0n) is 8.12. The molecule has 1 rings (SSSR count). The summed E-state index contributed by atoms with van der Waals surface area (Å²) in [6.45, 7) is -0.356. The monoisotopic (exact) mass is 211 g/mol. The van der Waals surface area contributed by atoms with E-state index >= 15 is 0 Å². The number of halogens is 1. The highest BCUT2D eigenvalue weighted by atomic mass is 19.1. The minimum absolute atomic E-state index is 0.306. The molecule has 0 heterocycles. The fraction of sp³-hybridized carbons (Fsp3) is 0.200. The highest BCUT2D eigenvalue weighted by Gasteiger charge is 2.08. The molecule has 0 atom stereocenters. The van der Waals surface area contributed by atoms with Crippen molar-refractivity contribution < 1.29 is 18.7 Å².